The van der Waals surface area contributed by atoms with Gasteiger partial charge in [0.05, 0.1) is 12.6 Å². The van der Waals surface area contributed by atoms with E-state index in [0.717, 1.165) is 5.82 Å². The number of carbonyl (C=O) groups excluding carboxylic acids is 1. The lowest BCUT2D eigenvalue weighted by Crippen LogP contribution is -2.49. The number of imidazole rings is 1. The van der Waals surface area contributed by atoms with Crippen LogP contribution >= 0.6 is 0 Å². The van der Waals surface area contributed by atoms with Crippen molar-refractivity contribution in [2.75, 3.05) is 0 Å². The highest BCUT2D eigenvalue weighted by molar-refractivity contribution is 5.81. The molecule has 18 heavy (non-hydrogen) atoms. The van der Waals surface area contributed by atoms with Crippen molar-refractivity contribution in [1.29, 1.82) is 0 Å². The smallest absolute Gasteiger partial charge is 0.237 e. The zero-order valence-electron chi connectivity index (χ0n) is 11.3. The standard InChI is InChI=1S/C13H22N4O/c1-9-4-5-10(2)17(9)11(3)13(18)16-8-12-14-6-7-15-12/h6-7,9-11H,4-5,8H2,1-3H3,(H,14,15)(H,16,18). The Kier molecular flexibility index (Phi) is 4.01. The van der Waals surface area contributed by atoms with E-state index in [2.05, 4.69) is 34.0 Å². The molecule has 1 aliphatic heterocycles. The van der Waals surface area contributed by atoms with Crippen molar-refractivity contribution in [2.45, 2.75) is 58.3 Å². The summed E-state index contributed by atoms with van der Waals surface area (Å²) in [6.45, 7) is 6.84. The van der Waals surface area contributed by atoms with Gasteiger partial charge in [0, 0.05) is 24.5 Å². The van der Waals surface area contributed by atoms with Crippen LogP contribution in [0.2, 0.25) is 0 Å². The average Bonchev–Trinajstić information content (AvgIpc) is 2.96. The Balaban J connectivity index is 1.88. The first-order valence-electron chi connectivity index (χ1n) is 6.63. The van der Waals surface area contributed by atoms with Crippen LogP contribution in [0.4, 0.5) is 0 Å². The molecule has 0 saturated carbocycles. The van der Waals surface area contributed by atoms with Crippen molar-refractivity contribution in [2.24, 2.45) is 0 Å². The number of aromatic nitrogens is 2. The van der Waals surface area contributed by atoms with Crippen LogP contribution in [0.5, 0.6) is 0 Å². The van der Waals surface area contributed by atoms with Gasteiger partial charge in [0.25, 0.3) is 0 Å². The Labute approximate surface area is 108 Å². The van der Waals surface area contributed by atoms with E-state index in [4.69, 9.17) is 0 Å². The number of hydrogen-bond donors (Lipinski definition) is 2. The second kappa shape index (κ2) is 5.52. The van der Waals surface area contributed by atoms with Crippen LogP contribution in [0.3, 0.4) is 0 Å². The molecule has 0 aliphatic carbocycles. The molecule has 1 aromatic heterocycles. The first-order chi connectivity index (χ1) is 8.59. The zero-order chi connectivity index (χ0) is 13.1. The summed E-state index contributed by atoms with van der Waals surface area (Å²) in [4.78, 5) is 21.5. The van der Waals surface area contributed by atoms with Crippen LogP contribution < -0.4 is 5.32 Å². The average molecular weight is 250 g/mol. The topological polar surface area (TPSA) is 61.0 Å². The Morgan fingerprint density at radius 2 is 2.22 bits per heavy atom. The number of rotatable bonds is 4. The number of aromatic amines is 1. The van der Waals surface area contributed by atoms with Gasteiger partial charge in [-0.3, -0.25) is 9.69 Å². The van der Waals surface area contributed by atoms with E-state index in [1.165, 1.54) is 12.8 Å². The molecule has 2 rings (SSSR count). The minimum absolute atomic E-state index is 0.0759. The Morgan fingerprint density at radius 1 is 1.56 bits per heavy atom. The lowest BCUT2D eigenvalue weighted by atomic mass is 10.2. The van der Waals surface area contributed by atoms with Gasteiger partial charge < -0.3 is 10.3 Å². The van der Waals surface area contributed by atoms with Gasteiger partial charge in [-0.25, -0.2) is 4.98 Å². The number of hydrogen-bond acceptors (Lipinski definition) is 3. The van der Waals surface area contributed by atoms with Gasteiger partial charge in [-0.15, -0.1) is 0 Å². The highest BCUT2D eigenvalue weighted by atomic mass is 16.2. The van der Waals surface area contributed by atoms with Gasteiger partial charge in [-0.2, -0.15) is 0 Å². The predicted molar refractivity (Wildman–Crippen MR) is 69.9 cm³/mol. The van der Waals surface area contributed by atoms with Crippen LogP contribution in [-0.2, 0) is 11.3 Å². The summed E-state index contributed by atoms with van der Waals surface area (Å²) in [6.07, 6.45) is 5.80. The van der Waals surface area contributed by atoms with Crippen molar-refractivity contribution < 1.29 is 4.79 Å². The zero-order valence-corrected chi connectivity index (χ0v) is 11.3. The van der Waals surface area contributed by atoms with E-state index >= 15 is 0 Å². The lowest BCUT2D eigenvalue weighted by Gasteiger charge is -2.31. The van der Waals surface area contributed by atoms with Crippen molar-refractivity contribution in [3.8, 4) is 0 Å². The highest BCUT2D eigenvalue weighted by Gasteiger charge is 2.34. The molecule has 1 amide bonds. The van der Waals surface area contributed by atoms with E-state index in [-0.39, 0.29) is 11.9 Å². The third-order valence-corrected chi connectivity index (χ3v) is 3.83. The summed E-state index contributed by atoms with van der Waals surface area (Å²) in [5.74, 6) is 0.866. The van der Waals surface area contributed by atoms with E-state index < -0.39 is 0 Å². The van der Waals surface area contributed by atoms with Crippen LogP contribution in [0.25, 0.3) is 0 Å². The maximum Gasteiger partial charge on any atom is 0.237 e. The molecule has 5 nitrogen and oxygen atoms in total. The molecule has 100 valence electrons. The number of H-pyrrole nitrogens is 1. The third-order valence-electron chi connectivity index (χ3n) is 3.83. The molecular weight excluding hydrogens is 228 g/mol. The molecule has 3 atom stereocenters. The quantitative estimate of drug-likeness (QED) is 0.846. The molecule has 0 radical (unpaired) electrons. The second-order valence-corrected chi connectivity index (χ2v) is 5.15. The van der Waals surface area contributed by atoms with Gasteiger partial charge in [0.2, 0.25) is 5.91 Å². The minimum Gasteiger partial charge on any atom is -0.348 e. The summed E-state index contributed by atoms with van der Waals surface area (Å²) < 4.78 is 0. The maximum absolute atomic E-state index is 12.1. The van der Waals surface area contributed by atoms with Crippen molar-refractivity contribution in [3.05, 3.63) is 18.2 Å². The Bertz CT molecular complexity index is 380. The highest BCUT2D eigenvalue weighted by Crippen LogP contribution is 2.25. The number of amides is 1. The van der Waals surface area contributed by atoms with Gasteiger partial charge in [-0.05, 0) is 33.6 Å². The van der Waals surface area contributed by atoms with E-state index in [1.807, 2.05) is 6.92 Å². The van der Waals surface area contributed by atoms with E-state index in [0.29, 0.717) is 18.6 Å². The van der Waals surface area contributed by atoms with Gasteiger partial charge in [0.15, 0.2) is 0 Å². The fraction of sp³-hybridized carbons (Fsp3) is 0.692. The van der Waals surface area contributed by atoms with Gasteiger partial charge >= 0.3 is 0 Å². The van der Waals surface area contributed by atoms with Gasteiger partial charge in [0.1, 0.15) is 5.82 Å². The third kappa shape index (κ3) is 2.72. The molecule has 2 heterocycles. The summed E-state index contributed by atoms with van der Waals surface area (Å²) >= 11 is 0. The molecular formula is C13H22N4O. The fourth-order valence-electron chi connectivity index (χ4n) is 2.83. The molecule has 1 aliphatic rings. The molecule has 5 heteroatoms. The van der Waals surface area contributed by atoms with E-state index in [9.17, 15) is 4.79 Å². The fourth-order valence-corrected chi connectivity index (χ4v) is 2.83. The number of likely N-dealkylation sites (tertiary alicyclic amines) is 1. The SMILES string of the molecule is CC1CCC(C)N1C(C)C(=O)NCc1ncc[nH]1. The Morgan fingerprint density at radius 3 is 2.78 bits per heavy atom. The largest absolute Gasteiger partial charge is 0.348 e. The van der Waals surface area contributed by atoms with Crippen LogP contribution in [0.15, 0.2) is 12.4 Å². The molecule has 1 fully saturated rings. The van der Waals surface area contributed by atoms with Crippen molar-refractivity contribution in [1.82, 2.24) is 20.2 Å². The first-order valence-corrected chi connectivity index (χ1v) is 6.63. The number of carbonyl (C=O) groups is 1. The van der Waals surface area contributed by atoms with Crippen LogP contribution in [0.1, 0.15) is 39.4 Å². The molecule has 1 aromatic rings. The molecule has 3 unspecified atom stereocenters. The van der Waals surface area contributed by atoms with Crippen LogP contribution in [0, 0.1) is 0 Å². The van der Waals surface area contributed by atoms with Crippen molar-refractivity contribution in [3.63, 3.8) is 0 Å². The number of nitrogens with one attached hydrogen (secondary N) is 2. The lowest BCUT2D eigenvalue weighted by molar-refractivity contribution is -0.127. The maximum atomic E-state index is 12.1. The minimum atomic E-state index is -0.0764. The summed E-state index contributed by atoms with van der Waals surface area (Å²) in [5, 5.41) is 2.93. The van der Waals surface area contributed by atoms with Crippen LogP contribution in [-0.4, -0.2) is 38.9 Å². The molecule has 1 saturated heterocycles. The Hall–Kier alpha value is -1.36. The first kappa shape index (κ1) is 13.1. The normalized spacial score (nSPS) is 26.2. The predicted octanol–water partition coefficient (Wildman–Crippen LogP) is 1.29. The molecule has 0 bridgehead atoms. The monoisotopic (exact) mass is 250 g/mol. The molecule has 2 N–H and O–H groups in total. The van der Waals surface area contributed by atoms with E-state index in [1.54, 1.807) is 12.4 Å². The second-order valence-electron chi connectivity index (χ2n) is 5.15. The van der Waals surface area contributed by atoms with Gasteiger partial charge in [-0.1, -0.05) is 0 Å². The summed E-state index contributed by atoms with van der Waals surface area (Å²) in [7, 11) is 0. The number of nitrogens with zero attached hydrogens (tertiary/aromatic N) is 2. The summed E-state index contributed by atoms with van der Waals surface area (Å²) in [6, 6.07) is 0.904. The molecule has 0 aromatic carbocycles. The van der Waals surface area contributed by atoms with Crippen molar-refractivity contribution >= 4 is 5.91 Å². The summed E-state index contributed by atoms with van der Waals surface area (Å²) in [5.41, 5.74) is 0. The molecule has 0 spiro atoms.